The Balaban J connectivity index is 2.13. The fourth-order valence-corrected chi connectivity index (χ4v) is 2.11. The third-order valence-corrected chi connectivity index (χ3v) is 3.85. The minimum Gasteiger partial charge on any atom is -0.497 e. The van der Waals surface area contributed by atoms with Gasteiger partial charge in [0.05, 0.1) is 7.11 Å². The van der Waals surface area contributed by atoms with Gasteiger partial charge in [0.15, 0.2) is 5.78 Å². The Hall–Kier alpha value is -1.87. The van der Waals surface area contributed by atoms with E-state index in [1.165, 1.54) is 0 Å². The number of aryl methyl sites for hydroxylation is 1. The van der Waals surface area contributed by atoms with Crippen molar-refractivity contribution in [2.75, 3.05) is 7.11 Å². The Kier molecular flexibility index (Phi) is 4.74. The number of ether oxygens (including phenoxy) is 1. The lowest BCUT2D eigenvalue weighted by Crippen LogP contribution is -1.94. The molecule has 0 aliphatic heterocycles. The summed E-state index contributed by atoms with van der Waals surface area (Å²) in [5.41, 5.74) is 2.75. The number of ketones is 1. The highest BCUT2D eigenvalue weighted by molar-refractivity contribution is 9.10. The monoisotopic (exact) mass is 330 g/mol. The molecule has 0 aliphatic rings. The number of allylic oxidation sites excluding steroid dienone is 1. The molecule has 2 aromatic carbocycles. The van der Waals surface area contributed by atoms with Crippen LogP contribution in [0.4, 0.5) is 0 Å². The van der Waals surface area contributed by atoms with Crippen molar-refractivity contribution in [2.24, 2.45) is 0 Å². The van der Waals surface area contributed by atoms with E-state index in [4.69, 9.17) is 4.74 Å². The smallest absolute Gasteiger partial charge is 0.185 e. The van der Waals surface area contributed by atoms with E-state index in [-0.39, 0.29) is 5.78 Å². The first-order valence-corrected chi connectivity index (χ1v) is 7.02. The Morgan fingerprint density at radius 1 is 1.15 bits per heavy atom. The van der Waals surface area contributed by atoms with E-state index >= 15 is 0 Å². The van der Waals surface area contributed by atoms with Crippen LogP contribution in [0.25, 0.3) is 6.08 Å². The predicted molar refractivity (Wildman–Crippen MR) is 85.2 cm³/mol. The van der Waals surface area contributed by atoms with Crippen LogP contribution < -0.4 is 4.74 Å². The maximum atomic E-state index is 12.1. The lowest BCUT2D eigenvalue weighted by Gasteiger charge is -2.01. The first-order valence-electron chi connectivity index (χ1n) is 6.23. The van der Waals surface area contributed by atoms with Crippen LogP contribution in [0.15, 0.2) is 53.0 Å². The van der Waals surface area contributed by atoms with Gasteiger partial charge in [0.25, 0.3) is 0 Å². The quantitative estimate of drug-likeness (QED) is 0.601. The van der Waals surface area contributed by atoms with E-state index in [0.29, 0.717) is 5.56 Å². The number of halogens is 1. The fraction of sp³-hybridized carbons (Fsp3) is 0.118. The molecule has 0 atom stereocenters. The lowest BCUT2D eigenvalue weighted by atomic mass is 10.1. The molecule has 0 aromatic heterocycles. The van der Waals surface area contributed by atoms with Gasteiger partial charge in [-0.05, 0) is 42.3 Å². The molecule has 0 saturated carbocycles. The predicted octanol–water partition coefficient (Wildman–Crippen LogP) is 4.66. The molecule has 0 N–H and O–H groups in total. The van der Waals surface area contributed by atoms with Gasteiger partial charge in [-0.2, -0.15) is 0 Å². The summed E-state index contributed by atoms with van der Waals surface area (Å²) in [4.78, 5) is 12.1. The second kappa shape index (κ2) is 6.53. The van der Waals surface area contributed by atoms with Crippen LogP contribution in [0.2, 0.25) is 0 Å². The van der Waals surface area contributed by atoms with E-state index in [9.17, 15) is 4.79 Å². The van der Waals surface area contributed by atoms with Crippen LogP contribution in [0.1, 0.15) is 21.5 Å². The molecule has 0 unspecified atom stereocenters. The van der Waals surface area contributed by atoms with Crippen molar-refractivity contribution in [3.05, 3.63) is 69.7 Å². The minimum absolute atomic E-state index is 0.0125. The van der Waals surface area contributed by atoms with E-state index < -0.39 is 0 Å². The Labute approximate surface area is 127 Å². The first kappa shape index (κ1) is 14.5. The molecule has 0 bridgehead atoms. The summed E-state index contributed by atoms with van der Waals surface area (Å²) in [6, 6.07) is 13.2. The van der Waals surface area contributed by atoms with Crippen LogP contribution >= 0.6 is 15.9 Å². The third-order valence-electron chi connectivity index (χ3n) is 3.00. The first-order chi connectivity index (χ1) is 9.60. The number of carbonyl (C=O) groups is 1. The summed E-state index contributed by atoms with van der Waals surface area (Å²) >= 11 is 3.44. The van der Waals surface area contributed by atoms with Crippen LogP contribution in [0.5, 0.6) is 5.75 Å². The molecule has 0 aliphatic carbocycles. The lowest BCUT2D eigenvalue weighted by molar-refractivity contribution is 0.104. The number of hydrogen-bond acceptors (Lipinski definition) is 2. The summed E-state index contributed by atoms with van der Waals surface area (Å²) < 4.78 is 6.04. The summed E-state index contributed by atoms with van der Waals surface area (Å²) in [6.45, 7) is 1.99. The average molecular weight is 331 g/mol. The molecule has 2 aromatic rings. The third kappa shape index (κ3) is 3.58. The molecule has 0 heterocycles. The Bertz CT molecular complexity index is 643. The highest BCUT2D eigenvalue weighted by Crippen LogP contribution is 2.18. The maximum absolute atomic E-state index is 12.1. The van der Waals surface area contributed by atoms with E-state index in [1.807, 2.05) is 49.4 Å². The van der Waals surface area contributed by atoms with Crippen molar-refractivity contribution < 1.29 is 9.53 Å². The number of benzene rings is 2. The Morgan fingerprint density at radius 2 is 1.85 bits per heavy atom. The molecule has 0 radical (unpaired) electrons. The molecule has 0 saturated heterocycles. The molecule has 3 heteroatoms. The van der Waals surface area contributed by atoms with Crippen molar-refractivity contribution in [1.82, 2.24) is 0 Å². The molecule has 2 nitrogen and oxygen atoms in total. The van der Waals surface area contributed by atoms with Crippen LogP contribution in [0, 0.1) is 6.92 Å². The molecule has 102 valence electrons. The van der Waals surface area contributed by atoms with Crippen molar-refractivity contribution in [3.8, 4) is 5.75 Å². The summed E-state index contributed by atoms with van der Waals surface area (Å²) in [6.07, 6.45) is 3.38. The standard InChI is InChI=1S/C17H15BrO2/c1-12-3-7-14(11-16(12)18)17(19)10-6-13-4-8-15(20-2)9-5-13/h3-11H,1-2H3. The number of rotatable bonds is 4. The van der Waals surface area contributed by atoms with Crippen LogP contribution in [0.3, 0.4) is 0 Å². The topological polar surface area (TPSA) is 26.3 Å². The second-order valence-electron chi connectivity index (χ2n) is 4.43. The zero-order valence-electron chi connectivity index (χ0n) is 11.4. The molecule has 0 amide bonds. The van der Waals surface area contributed by atoms with Crippen molar-refractivity contribution in [3.63, 3.8) is 0 Å². The molecular weight excluding hydrogens is 316 g/mol. The fourth-order valence-electron chi connectivity index (χ4n) is 1.73. The summed E-state index contributed by atoms with van der Waals surface area (Å²) in [5, 5.41) is 0. The van der Waals surface area contributed by atoms with Gasteiger partial charge >= 0.3 is 0 Å². The number of carbonyl (C=O) groups excluding carboxylic acids is 1. The van der Waals surface area contributed by atoms with Gasteiger partial charge in [-0.1, -0.05) is 46.3 Å². The molecular formula is C17H15BrO2. The van der Waals surface area contributed by atoms with Crippen molar-refractivity contribution in [2.45, 2.75) is 6.92 Å². The zero-order valence-corrected chi connectivity index (χ0v) is 13.0. The highest BCUT2D eigenvalue weighted by Gasteiger charge is 2.03. The largest absolute Gasteiger partial charge is 0.497 e. The van der Waals surface area contributed by atoms with Crippen molar-refractivity contribution >= 4 is 27.8 Å². The Morgan fingerprint density at radius 3 is 2.45 bits per heavy atom. The molecule has 20 heavy (non-hydrogen) atoms. The van der Waals surface area contributed by atoms with E-state index in [0.717, 1.165) is 21.3 Å². The molecule has 2 rings (SSSR count). The van der Waals surface area contributed by atoms with Gasteiger partial charge < -0.3 is 4.74 Å². The number of methoxy groups -OCH3 is 1. The van der Waals surface area contributed by atoms with Crippen LogP contribution in [-0.2, 0) is 0 Å². The normalized spacial score (nSPS) is 10.8. The second-order valence-corrected chi connectivity index (χ2v) is 5.29. The van der Waals surface area contributed by atoms with E-state index in [2.05, 4.69) is 15.9 Å². The minimum atomic E-state index is -0.0125. The highest BCUT2D eigenvalue weighted by atomic mass is 79.9. The molecule has 0 fully saturated rings. The summed E-state index contributed by atoms with van der Waals surface area (Å²) in [5.74, 6) is 0.789. The SMILES string of the molecule is COc1ccc(C=CC(=O)c2ccc(C)c(Br)c2)cc1. The zero-order chi connectivity index (χ0) is 14.5. The average Bonchev–Trinajstić information content (AvgIpc) is 2.48. The summed E-state index contributed by atoms with van der Waals surface area (Å²) in [7, 11) is 1.63. The van der Waals surface area contributed by atoms with Gasteiger partial charge in [-0.3, -0.25) is 4.79 Å². The van der Waals surface area contributed by atoms with Gasteiger partial charge in [0.2, 0.25) is 0 Å². The van der Waals surface area contributed by atoms with Crippen LogP contribution in [-0.4, -0.2) is 12.9 Å². The number of hydrogen-bond donors (Lipinski definition) is 0. The van der Waals surface area contributed by atoms with Gasteiger partial charge in [0, 0.05) is 10.0 Å². The van der Waals surface area contributed by atoms with E-state index in [1.54, 1.807) is 19.3 Å². The van der Waals surface area contributed by atoms with Gasteiger partial charge in [0.1, 0.15) is 5.75 Å². The maximum Gasteiger partial charge on any atom is 0.185 e. The van der Waals surface area contributed by atoms with Gasteiger partial charge in [-0.25, -0.2) is 0 Å². The molecule has 0 spiro atoms. The van der Waals surface area contributed by atoms with Gasteiger partial charge in [-0.15, -0.1) is 0 Å². The van der Waals surface area contributed by atoms with Crippen molar-refractivity contribution in [1.29, 1.82) is 0 Å².